The number of hydrogen-bond donors (Lipinski definition) is 0. The summed E-state index contributed by atoms with van der Waals surface area (Å²) in [4.78, 5) is 1.00. The molecule has 1 aromatic carbocycles. The summed E-state index contributed by atoms with van der Waals surface area (Å²) >= 11 is 7.30. The number of alkyl halides is 2. The fourth-order valence-electron chi connectivity index (χ4n) is 1.53. The molecule has 0 heterocycles. The standard InChI is InChI=1S/C12H16Br2/c1-8-5-4-6-9(2)11(8)7-12(14)10(3)13/h4-6,10,12H,7H2,1-3H3. The highest BCUT2D eigenvalue weighted by Gasteiger charge is 2.13. The Labute approximate surface area is 103 Å². The molecular formula is C12H16Br2. The lowest BCUT2D eigenvalue weighted by molar-refractivity contribution is 0.846. The molecule has 0 aliphatic carbocycles. The molecule has 78 valence electrons. The second-order valence-electron chi connectivity index (χ2n) is 3.77. The van der Waals surface area contributed by atoms with Gasteiger partial charge in [-0.15, -0.1) is 0 Å². The van der Waals surface area contributed by atoms with Crippen LogP contribution in [0.25, 0.3) is 0 Å². The third-order valence-electron chi connectivity index (χ3n) is 2.54. The topological polar surface area (TPSA) is 0 Å². The maximum atomic E-state index is 3.70. The number of halogens is 2. The molecule has 0 aliphatic heterocycles. The summed E-state index contributed by atoms with van der Waals surface area (Å²) in [5.41, 5.74) is 4.26. The van der Waals surface area contributed by atoms with E-state index in [1.807, 2.05) is 0 Å². The molecule has 1 aromatic rings. The molecule has 0 aromatic heterocycles. The second-order valence-corrected chi connectivity index (χ2v) is 6.39. The van der Waals surface area contributed by atoms with Crippen molar-refractivity contribution < 1.29 is 0 Å². The van der Waals surface area contributed by atoms with Crippen LogP contribution in [-0.4, -0.2) is 9.65 Å². The van der Waals surface area contributed by atoms with Crippen molar-refractivity contribution in [2.45, 2.75) is 36.8 Å². The highest BCUT2D eigenvalue weighted by Crippen LogP contribution is 2.22. The number of hydrogen-bond acceptors (Lipinski definition) is 0. The summed E-state index contributed by atoms with van der Waals surface area (Å²) in [7, 11) is 0. The van der Waals surface area contributed by atoms with Gasteiger partial charge in [0.2, 0.25) is 0 Å². The second kappa shape index (κ2) is 5.32. The molecule has 0 N–H and O–H groups in total. The van der Waals surface area contributed by atoms with E-state index in [1.165, 1.54) is 16.7 Å². The Morgan fingerprint density at radius 3 is 2.07 bits per heavy atom. The molecule has 2 heteroatoms. The normalized spacial score (nSPS) is 15.2. The van der Waals surface area contributed by atoms with Crippen LogP contribution in [0, 0.1) is 13.8 Å². The zero-order valence-corrected chi connectivity index (χ0v) is 12.0. The molecule has 1 rings (SSSR count). The Morgan fingerprint density at radius 1 is 1.14 bits per heavy atom. The van der Waals surface area contributed by atoms with Gasteiger partial charge in [0.15, 0.2) is 0 Å². The molecule has 2 unspecified atom stereocenters. The lowest BCUT2D eigenvalue weighted by Gasteiger charge is -2.16. The highest BCUT2D eigenvalue weighted by molar-refractivity contribution is 9.12. The molecule has 0 nitrogen and oxygen atoms in total. The fourth-order valence-corrected chi connectivity index (χ4v) is 2.04. The molecule has 0 aliphatic rings. The van der Waals surface area contributed by atoms with Crippen LogP contribution in [0.4, 0.5) is 0 Å². The van der Waals surface area contributed by atoms with E-state index in [2.05, 4.69) is 70.8 Å². The van der Waals surface area contributed by atoms with Gasteiger partial charge in [-0.25, -0.2) is 0 Å². The summed E-state index contributed by atoms with van der Waals surface area (Å²) in [5.74, 6) is 0. The molecule has 14 heavy (non-hydrogen) atoms. The van der Waals surface area contributed by atoms with Crippen molar-refractivity contribution in [1.29, 1.82) is 0 Å². The van der Waals surface area contributed by atoms with Crippen LogP contribution in [0.2, 0.25) is 0 Å². The quantitative estimate of drug-likeness (QED) is 0.725. The lowest BCUT2D eigenvalue weighted by Crippen LogP contribution is -2.14. The van der Waals surface area contributed by atoms with Crippen LogP contribution in [0.5, 0.6) is 0 Å². The van der Waals surface area contributed by atoms with Gasteiger partial charge >= 0.3 is 0 Å². The van der Waals surface area contributed by atoms with Crippen molar-refractivity contribution in [2.75, 3.05) is 0 Å². The van der Waals surface area contributed by atoms with Crippen LogP contribution < -0.4 is 0 Å². The van der Waals surface area contributed by atoms with Gasteiger partial charge in [0.1, 0.15) is 0 Å². The maximum absolute atomic E-state index is 3.70. The maximum Gasteiger partial charge on any atom is 0.0308 e. The van der Waals surface area contributed by atoms with Gasteiger partial charge < -0.3 is 0 Å². The first-order chi connectivity index (χ1) is 6.52. The molecule has 0 amide bonds. The van der Waals surface area contributed by atoms with Crippen LogP contribution in [0.1, 0.15) is 23.6 Å². The first-order valence-electron chi connectivity index (χ1n) is 4.85. The summed E-state index contributed by atoms with van der Waals surface area (Å²) < 4.78 is 0. The molecule has 0 radical (unpaired) electrons. The molecule has 2 atom stereocenters. The lowest BCUT2D eigenvalue weighted by atomic mass is 9.98. The van der Waals surface area contributed by atoms with Crippen molar-refractivity contribution >= 4 is 31.9 Å². The van der Waals surface area contributed by atoms with Crippen LogP contribution in [0.3, 0.4) is 0 Å². The van der Waals surface area contributed by atoms with E-state index >= 15 is 0 Å². The van der Waals surface area contributed by atoms with Crippen molar-refractivity contribution in [1.82, 2.24) is 0 Å². The average Bonchev–Trinajstić information content (AvgIpc) is 2.11. The van der Waals surface area contributed by atoms with Gasteiger partial charge in [-0.3, -0.25) is 0 Å². The van der Waals surface area contributed by atoms with E-state index in [0.717, 1.165) is 6.42 Å². The zero-order chi connectivity index (χ0) is 10.7. The molecule has 0 saturated carbocycles. The summed E-state index contributed by atoms with van der Waals surface area (Å²) in [6.07, 6.45) is 1.09. The minimum Gasteiger partial charge on any atom is -0.0881 e. The highest BCUT2D eigenvalue weighted by atomic mass is 79.9. The summed E-state index contributed by atoms with van der Waals surface area (Å²) in [6.45, 7) is 6.54. The molecule has 0 saturated heterocycles. The summed E-state index contributed by atoms with van der Waals surface area (Å²) in [6, 6.07) is 6.48. The Morgan fingerprint density at radius 2 is 1.64 bits per heavy atom. The van der Waals surface area contributed by atoms with Gasteiger partial charge in [-0.2, -0.15) is 0 Å². The van der Waals surface area contributed by atoms with Crippen LogP contribution in [-0.2, 0) is 6.42 Å². The van der Waals surface area contributed by atoms with Gasteiger partial charge in [0, 0.05) is 9.65 Å². The van der Waals surface area contributed by atoms with Crippen molar-refractivity contribution in [3.63, 3.8) is 0 Å². The van der Waals surface area contributed by atoms with Crippen LogP contribution >= 0.6 is 31.9 Å². The van der Waals surface area contributed by atoms with Crippen molar-refractivity contribution in [3.05, 3.63) is 34.9 Å². The predicted molar refractivity (Wildman–Crippen MR) is 70.7 cm³/mol. The summed E-state index contributed by atoms with van der Waals surface area (Å²) in [5, 5.41) is 0. The first kappa shape index (κ1) is 12.3. The third-order valence-corrected chi connectivity index (χ3v) is 5.01. The van der Waals surface area contributed by atoms with E-state index in [4.69, 9.17) is 0 Å². The first-order valence-corrected chi connectivity index (χ1v) is 6.68. The monoisotopic (exact) mass is 318 g/mol. The third kappa shape index (κ3) is 3.09. The number of aryl methyl sites for hydroxylation is 2. The molecule has 0 bridgehead atoms. The van der Waals surface area contributed by atoms with E-state index in [-0.39, 0.29) is 0 Å². The Balaban J connectivity index is 2.85. The molecule has 0 spiro atoms. The largest absolute Gasteiger partial charge is 0.0881 e. The Bertz CT molecular complexity index is 285. The van der Waals surface area contributed by atoms with E-state index < -0.39 is 0 Å². The smallest absolute Gasteiger partial charge is 0.0308 e. The fraction of sp³-hybridized carbons (Fsp3) is 0.500. The molecule has 0 fully saturated rings. The zero-order valence-electron chi connectivity index (χ0n) is 8.85. The van der Waals surface area contributed by atoms with Gasteiger partial charge in [0.25, 0.3) is 0 Å². The minimum absolute atomic E-state index is 0.501. The SMILES string of the molecule is Cc1cccc(C)c1CC(Br)C(C)Br. The predicted octanol–water partition coefficient (Wildman–Crippen LogP) is 4.39. The van der Waals surface area contributed by atoms with E-state index in [0.29, 0.717) is 9.65 Å². The minimum atomic E-state index is 0.501. The van der Waals surface area contributed by atoms with Gasteiger partial charge in [0.05, 0.1) is 0 Å². The van der Waals surface area contributed by atoms with Gasteiger partial charge in [-0.05, 0) is 37.0 Å². The number of benzene rings is 1. The number of rotatable bonds is 3. The Hall–Kier alpha value is 0.180. The average molecular weight is 320 g/mol. The van der Waals surface area contributed by atoms with Crippen molar-refractivity contribution in [3.8, 4) is 0 Å². The van der Waals surface area contributed by atoms with E-state index in [9.17, 15) is 0 Å². The van der Waals surface area contributed by atoms with Crippen LogP contribution in [0.15, 0.2) is 18.2 Å². The molecular weight excluding hydrogens is 304 g/mol. The Kier molecular flexibility index (Phi) is 4.65. The van der Waals surface area contributed by atoms with Gasteiger partial charge in [-0.1, -0.05) is 57.0 Å². The van der Waals surface area contributed by atoms with E-state index in [1.54, 1.807) is 0 Å². The van der Waals surface area contributed by atoms with Crippen molar-refractivity contribution in [2.24, 2.45) is 0 Å².